The Balaban J connectivity index is 1.52. The molecule has 2 heterocycles. The van der Waals surface area contributed by atoms with Crippen LogP contribution in [0.15, 0.2) is 54.6 Å². The van der Waals surface area contributed by atoms with E-state index >= 15 is 0 Å². The number of anilines is 1. The summed E-state index contributed by atoms with van der Waals surface area (Å²) in [5, 5.41) is 21.3. The number of rotatable bonds is 6. The van der Waals surface area contributed by atoms with Crippen molar-refractivity contribution in [3.63, 3.8) is 0 Å². The second-order valence-corrected chi connectivity index (χ2v) is 6.49. The van der Waals surface area contributed by atoms with Gasteiger partial charge in [-0.1, -0.05) is 23.4 Å². The largest absolute Gasteiger partial charge is 0.497 e. The van der Waals surface area contributed by atoms with Crippen LogP contribution in [0.3, 0.4) is 0 Å². The number of hydrogen-bond donors (Lipinski definition) is 2. The number of pyridine rings is 1. The lowest BCUT2D eigenvalue weighted by Gasteiger charge is -2.08. The molecule has 29 heavy (non-hydrogen) atoms. The number of fused-ring (bicyclic) bond motifs is 3. The molecule has 0 radical (unpaired) electrons. The number of nitrogens with zero attached hydrogens (tertiary/aromatic N) is 3. The molecular formula is C21H18N4O4. The number of benzene rings is 2. The highest BCUT2D eigenvalue weighted by atomic mass is 16.5. The molecule has 0 aliphatic carbocycles. The zero-order valence-electron chi connectivity index (χ0n) is 15.6. The van der Waals surface area contributed by atoms with Crippen LogP contribution in [-0.2, 0) is 11.2 Å². The van der Waals surface area contributed by atoms with Crippen molar-refractivity contribution in [1.82, 2.24) is 14.8 Å². The summed E-state index contributed by atoms with van der Waals surface area (Å²) in [7, 11) is 1.62. The van der Waals surface area contributed by atoms with E-state index in [2.05, 4.69) is 15.6 Å². The molecule has 4 aromatic rings. The Morgan fingerprint density at radius 2 is 1.90 bits per heavy atom. The van der Waals surface area contributed by atoms with Crippen LogP contribution in [0.5, 0.6) is 5.75 Å². The molecule has 0 saturated carbocycles. The van der Waals surface area contributed by atoms with E-state index in [4.69, 9.17) is 4.74 Å². The molecule has 8 nitrogen and oxygen atoms in total. The van der Waals surface area contributed by atoms with Gasteiger partial charge in [0.15, 0.2) is 0 Å². The number of carbonyl (C=O) groups is 2. The minimum Gasteiger partial charge on any atom is -0.497 e. The maximum atomic E-state index is 12.3. The molecule has 2 aromatic heterocycles. The van der Waals surface area contributed by atoms with E-state index in [-0.39, 0.29) is 23.6 Å². The number of nitrogens with one attached hydrogen (secondary N) is 1. The van der Waals surface area contributed by atoms with E-state index in [0.717, 1.165) is 22.2 Å². The zero-order chi connectivity index (χ0) is 20.4. The molecule has 0 aliphatic rings. The van der Waals surface area contributed by atoms with Gasteiger partial charge in [0, 0.05) is 18.2 Å². The van der Waals surface area contributed by atoms with Crippen molar-refractivity contribution in [2.24, 2.45) is 0 Å². The van der Waals surface area contributed by atoms with Gasteiger partial charge in [-0.3, -0.25) is 4.79 Å². The average Bonchev–Trinajstić information content (AvgIpc) is 3.15. The molecule has 0 saturated heterocycles. The zero-order valence-corrected chi connectivity index (χ0v) is 15.6. The van der Waals surface area contributed by atoms with Crippen molar-refractivity contribution in [2.75, 3.05) is 12.4 Å². The minimum atomic E-state index is -1.09. The second-order valence-electron chi connectivity index (χ2n) is 6.49. The highest BCUT2D eigenvalue weighted by molar-refractivity contribution is 6.00. The fourth-order valence-corrected chi connectivity index (χ4v) is 3.22. The first-order chi connectivity index (χ1) is 14.1. The Kier molecular flexibility index (Phi) is 4.82. The van der Waals surface area contributed by atoms with Gasteiger partial charge in [-0.2, -0.15) is 0 Å². The summed E-state index contributed by atoms with van der Waals surface area (Å²) in [5.74, 6) is -0.616. The van der Waals surface area contributed by atoms with Gasteiger partial charge in [0.25, 0.3) is 0 Å². The lowest BCUT2D eigenvalue weighted by atomic mass is 10.1. The number of hydrogen-bond acceptors (Lipinski definition) is 5. The number of para-hydroxylation sites is 1. The van der Waals surface area contributed by atoms with Gasteiger partial charge in [-0.15, -0.1) is 5.10 Å². The Bertz CT molecular complexity index is 1230. The number of carbonyl (C=O) groups excluding carboxylic acids is 1. The van der Waals surface area contributed by atoms with Crippen molar-refractivity contribution >= 4 is 34.0 Å². The molecule has 0 spiro atoms. The third-order valence-corrected chi connectivity index (χ3v) is 4.68. The number of ether oxygens (including phenoxy) is 1. The molecule has 146 valence electrons. The SMILES string of the molecule is COc1ccc2c(ccc3c(CCC(=O)Nc4ccccc4C(=O)O)nnn32)c1. The maximum Gasteiger partial charge on any atom is 0.337 e. The van der Waals surface area contributed by atoms with E-state index in [1.807, 2.05) is 30.3 Å². The van der Waals surface area contributed by atoms with Crippen molar-refractivity contribution in [3.8, 4) is 5.75 Å². The van der Waals surface area contributed by atoms with Crippen LogP contribution in [0.25, 0.3) is 16.4 Å². The predicted molar refractivity (Wildman–Crippen MR) is 107 cm³/mol. The molecule has 0 aliphatic heterocycles. The summed E-state index contributed by atoms with van der Waals surface area (Å²) < 4.78 is 6.99. The number of carboxylic acid groups (broad SMARTS) is 1. The molecular weight excluding hydrogens is 372 g/mol. The van der Waals surface area contributed by atoms with Crippen molar-refractivity contribution in [1.29, 1.82) is 0 Å². The molecule has 0 atom stereocenters. The van der Waals surface area contributed by atoms with Crippen molar-refractivity contribution in [2.45, 2.75) is 12.8 Å². The average molecular weight is 390 g/mol. The standard InChI is InChI=1S/C21H18N4O4/c1-29-14-7-10-18-13(12-14)6-9-19-17(23-24-25(18)19)8-11-20(26)22-16-5-3-2-4-15(16)21(27)28/h2-7,9-10,12H,8,11H2,1H3,(H,22,26)(H,27,28). The van der Waals surface area contributed by atoms with Crippen LogP contribution < -0.4 is 10.1 Å². The molecule has 1 amide bonds. The Labute approximate surface area is 165 Å². The number of amides is 1. The Morgan fingerprint density at radius 1 is 1.10 bits per heavy atom. The van der Waals surface area contributed by atoms with Crippen molar-refractivity contribution < 1.29 is 19.4 Å². The fourth-order valence-electron chi connectivity index (χ4n) is 3.22. The number of aryl methyl sites for hydroxylation is 1. The summed E-state index contributed by atoms with van der Waals surface area (Å²) in [4.78, 5) is 23.6. The molecule has 2 aromatic carbocycles. The molecule has 8 heteroatoms. The van der Waals surface area contributed by atoms with E-state index < -0.39 is 5.97 Å². The Morgan fingerprint density at radius 3 is 2.69 bits per heavy atom. The summed E-state index contributed by atoms with van der Waals surface area (Å²) in [6.45, 7) is 0. The van der Waals surface area contributed by atoms with Crippen LogP contribution >= 0.6 is 0 Å². The van der Waals surface area contributed by atoms with Crippen LogP contribution in [0.4, 0.5) is 5.69 Å². The van der Waals surface area contributed by atoms with Gasteiger partial charge in [0.1, 0.15) is 5.75 Å². The van der Waals surface area contributed by atoms with E-state index in [0.29, 0.717) is 12.1 Å². The summed E-state index contributed by atoms with van der Waals surface area (Å²) in [6, 6.07) is 15.9. The van der Waals surface area contributed by atoms with E-state index in [9.17, 15) is 14.7 Å². The minimum absolute atomic E-state index is 0.0526. The van der Waals surface area contributed by atoms with Gasteiger partial charge in [-0.25, -0.2) is 9.31 Å². The van der Waals surface area contributed by atoms with Gasteiger partial charge in [0.05, 0.1) is 35.1 Å². The summed E-state index contributed by atoms with van der Waals surface area (Å²) in [5.41, 5.74) is 2.74. The molecule has 0 fully saturated rings. The summed E-state index contributed by atoms with van der Waals surface area (Å²) >= 11 is 0. The van der Waals surface area contributed by atoms with Crippen LogP contribution in [0.2, 0.25) is 0 Å². The number of methoxy groups -OCH3 is 1. The monoisotopic (exact) mass is 390 g/mol. The third-order valence-electron chi connectivity index (χ3n) is 4.68. The van der Waals surface area contributed by atoms with E-state index in [1.165, 1.54) is 6.07 Å². The smallest absolute Gasteiger partial charge is 0.337 e. The van der Waals surface area contributed by atoms with Gasteiger partial charge in [0.2, 0.25) is 5.91 Å². The number of aromatic nitrogens is 3. The highest BCUT2D eigenvalue weighted by Crippen LogP contribution is 2.23. The number of carboxylic acids is 1. The summed E-state index contributed by atoms with van der Waals surface area (Å²) in [6.07, 6.45) is 0.537. The predicted octanol–water partition coefficient (Wildman–Crippen LogP) is 3.16. The molecule has 0 unspecified atom stereocenters. The molecule has 2 N–H and O–H groups in total. The quantitative estimate of drug-likeness (QED) is 0.524. The topological polar surface area (TPSA) is 106 Å². The van der Waals surface area contributed by atoms with Crippen LogP contribution in [0, 0.1) is 0 Å². The maximum absolute atomic E-state index is 12.3. The first-order valence-corrected chi connectivity index (χ1v) is 9.00. The molecule has 0 bridgehead atoms. The van der Waals surface area contributed by atoms with Gasteiger partial charge >= 0.3 is 5.97 Å². The van der Waals surface area contributed by atoms with E-state index in [1.54, 1.807) is 29.8 Å². The highest BCUT2D eigenvalue weighted by Gasteiger charge is 2.14. The van der Waals surface area contributed by atoms with Gasteiger partial charge < -0.3 is 15.2 Å². The first-order valence-electron chi connectivity index (χ1n) is 9.00. The second kappa shape index (κ2) is 7.59. The number of aromatic carboxylic acids is 1. The fraction of sp³-hybridized carbons (Fsp3) is 0.143. The van der Waals surface area contributed by atoms with Crippen LogP contribution in [-0.4, -0.2) is 38.9 Å². The lowest BCUT2D eigenvalue weighted by molar-refractivity contribution is -0.116. The van der Waals surface area contributed by atoms with Gasteiger partial charge in [-0.05, 0) is 36.4 Å². The normalized spacial score (nSPS) is 10.9. The van der Waals surface area contributed by atoms with Crippen LogP contribution in [0.1, 0.15) is 22.5 Å². The molecule has 4 rings (SSSR count). The first kappa shape index (κ1) is 18.4. The lowest BCUT2D eigenvalue weighted by Crippen LogP contribution is -2.15. The Hall–Kier alpha value is -3.94. The van der Waals surface area contributed by atoms with Crippen molar-refractivity contribution in [3.05, 3.63) is 65.9 Å². The third kappa shape index (κ3) is 3.60.